The molecule has 14 heteroatoms. The lowest BCUT2D eigenvalue weighted by Gasteiger charge is -2.35. The number of anilines is 2. The lowest BCUT2D eigenvalue weighted by atomic mass is 10.0. The Kier molecular flexibility index (Phi) is 12.7. The van der Waals surface area contributed by atoms with Gasteiger partial charge in [0.15, 0.2) is 5.76 Å². The summed E-state index contributed by atoms with van der Waals surface area (Å²) in [5.74, 6) is 0.104. The summed E-state index contributed by atoms with van der Waals surface area (Å²) in [4.78, 5) is 30.7. The van der Waals surface area contributed by atoms with E-state index < -0.39 is 28.1 Å². The number of rotatable bonds is 8. The standard InChI is InChI=1S/C35H49N5O8S/c1-22-11-14-29(15-12-22)49(44,45)38-28-13-16-31-30(18-28)34(42)40(24(3)21-41)19-23(2)32(46-17-9-8-10-25(4)47-31)20-39(7)35(43)36-33-26(5)37-48-27(33)6/h11-16,18,23-25,32,38,41H,8-10,17,19-21H2,1-7H3,(H,36,43)/t23-,24-,25+,32-/m0/s1. The molecule has 3 aromatic rings. The molecule has 49 heavy (non-hydrogen) atoms. The molecule has 0 aliphatic carbocycles. The first-order valence-electron chi connectivity index (χ1n) is 16.6. The third-order valence-corrected chi connectivity index (χ3v) is 10.1. The Labute approximate surface area is 289 Å². The van der Waals surface area contributed by atoms with Crippen LogP contribution < -0.4 is 14.8 Å². The summed E-state index contributed by atoms with van der Waals surface area (Å²) in [5.41, 5.74) is 2.37. The van der Waals surface area contributed by atoms with Crippen LogP contribution in [0.25, 0.3) is 0 Å². The Morgan fingerprint density at radius 2 is 1.84 bits per heavy atom. The van der Waals surface area contributed by atoms with E-state index in [4.69, 9.17) is 14.0 Å². The van der Waals surface area contributed by atoms with Crippen molar-refractivity contribution in [2.45, 2.75) is 84.0 Å². The zero-order valence-electron chi connectivity index (χ0n) is 29.4. The van der Waals surface area contributed by atoms with Crippen LogP contribution >= 0.6 is 0 Å². The molecule has 4 atom stereocenters. The number of hydrogen-bond acceptors (Lipinski definition) is 9. The molecule has 13 nitrogen and oxygen atoms in total. The van der Waals surface area contributed by atoms with Crippen LogP contribution in [0.2, 0.25) is 0 Å². The highest BCUT2D eigenvalue weighted by Crippen LogP contribution is 2.30. The summed E-state index contributed by atoms with van der Waals surface area (Å²) in [5, 5.41) is 17.0. The lowest BCUT2D eigenvalue weighted by molar-refractivity contribution is -0.0115. The maximum absolute atomic E-state index is 14.4. The molecule has 3 N–H and O–H groups in total. The highest BCUT2D eigenvalue weighted by molar-refractivity contribution is 7.92. The number of carbonyl (C=O) groups excluding carboxylic acids is 2. The molecule has 2 aromatic carbocycles. The molecule has 0 spiro atoms. The van der Waals surface area contributed by atoms with Crippen molar-refractivity contribution in [2.75, 3.05) is 43.4 Å². The minimum Gasteiger partial charge on any atom is -0.490 e. The quantitative estimate of drug-likeness (QED) is 0.281. The maximum atomic E-state index is 14.4. The molecule has 0 fully saturated rings. The molecule has 0 radical (unpaired) electrons. The number of aliphatic hydroxyl groups excluding tert-OH is 1. The number of likely N-dealkylation sites (N-methyl/N-ethyl adjacent to an activating group) is 1. The zero-order chi connectivity index (χ0) is 35.9. The molecule has 0 unspecified atom stereocenters. The average Bonchev–Trinajstić information content (AvgIpc) is 3.38. The summed E-state index contributed by atoms with van der Waals surface area (Å²) in [6, 6.07) is 10.2. The van der Waals surface area contributed by atoms with Crippen LogP contribution in [-0.4, -0.2) is 92.0 Å². The van der Waals surface area contributed by atoms with E-state index in [9.17, 15) is 23.1 Å². The monoisotopic (exact) mass is 699 g/mol. The average molecular weight is 700 g/mol. The summed E-state index contributed by atoms with van der Waals surface area (Å²) in [7, 11) is -2.27. The van der Waals surface area contributed by atoms with Gasteiger partial charge in [0.2, 0.25) is 0 Å². The minimum absolute atomic E-state index is 0.0927. The first-order chi connectivity index (χ1) is 23.2. The predicted molar refractivity (Wildman–Crippen MR) is 186 cm³/mol. The molecule has 1 aromatic heterocycles. The number of urea groups is 1. The Bertz CT molecular complexity index is 1670. The van der Waals surface area contributed by atoms with Crippen LogP contribution in [0, 0.1) is 26.7 Å². The van der Waals surface area contributed by atoms with Gasteiger partial charge in [-0.2, -0.15) is 0 Å². The third kappa shape index (κ3) is 9.73. The summed E-state index contributed by atoms with van der Waals surface area (Å²) in [6.07, 6.45) is 1.55. The van der Waals surface area contributed by atoms with E-state index in [1.54, 1.807) is 57.0 Å². The van der Waals surface area contributed by atoms with Crippen molar-refractivity contribution < 1.29 is 37.1 Å². The number of sulfonamides is 1. The summed E-state index contributed by atoms with van der Waals surface area (Å²) in [6.45, 7) is 11.5. The number of fused-ring (bicyclic) bond motifs is 1. The van der Waals surface area contributed by atoms with Gasteiger partial charge >= 0.3 is 6.03 Å². The van der Waals surface area contributed by atoms with Gasteiger partial charge < -0.3 is 34.2 Å². The van der Waals surface area contributed by atoms with E-state index in [0.717, 1.165) is 18.4 Å². The number of aryl methyl sites for hydroxylation is 3. The lowest BCUT2D eigenvalue weighted by Crippen LogP contribution is -2.48. The smallest absolute Gasteiger partial charge is 0.321 e. The second-order valence-electron chi connectivity index (χ2n) is 12.9. The normalized spacial score (nSPS) is 20.0. The van der Waals surface area contributed by atoms with Crippen LogP contribution in [0.3, 0.4) is 0 Å². The highest BCUT2D eigenvalue weighted by atomic mass is 32.2. The molecule has 1 aliphatic heterocycles. The topological polar surface area (TPSA) is 164 Å². The second-order valence-corrected chi connectivity index (χ2v) is 14.6. The van der Waals surface area contributed by atoms with Gasteiger partial charge in [-0.1, -0.05) is 29.8 Å². The second kappa shape index (κ2) is 16.5. The minimum atomic E-state index is -3.94. The van der Waals surface area contributed by atoms with Crippen LogP contribution in [0.5, 0.6) is 5.75 Å². The van der Waals surface area contributed by atoms with Gasteiger partial charge in [0, 0.05) is 38.3 Å². The fraction of sp³-hybridized carbons (Fsp3) is 0.514. The number of amides is 3. The fourth-order valence-corrected chi connectivity index (χ4v) is 6.65. The first-order valence-corrected chi connectivity index (χ1v) is 18.1. The molecule has 1 aliphatic rings. The molecular weight excluding hydrogens is 650 g/mol. The van der Waals surface area contributed by atoms with E-state index in [1.807, 2.05) is 20.8 Å². The van der Waals surface area contributed by atoms with Crippen LogP contribution in [-0.2, 0) is 14.8 Å². The number of benzene rings is 2. The van der Waals surface area contributed by atoms with Crippen molar-refractivity contribution in [1.29, 1.82) is 0 Å². The molecular formula is C35H49N5O8S. The number of ether oxygens (including phenoxy) is 2. The molecule has 268 valence electrons. The van der Waals surface area contributed by atoms with Gasteiger partial charge in [-0.15, -0.1) is 0 Å². The van der Waals surface area contributed by atoms with Crippen molar-refractivity contribution in [2.24, 2.45) is 5.92 Å². The van der Waals surface area contributed by atoms with Crippen molar-refractivity contribution >= 4 is 33.3 Å². The molecule has 4 rings (SSSR count). The number of hydrogen-bond donors (Lipinski definition) is 3. The molecule has 3 amide bonds. The van der Waals surface area contributed by atoms with Gasteiger partial charge in [-0.25, -0.2) is 13.2 Å². The Hall–Kier alpha value is -4.14. The zero-order valence-corrected chi connectivity index (χ0v) is 30.2. The number of aromatic nitrogens is 1. The van der Waals surface area contributed by atoms with E-state index in [1.165, 1.54) is 23.1 Å². The van der Waals surface area contributed by atoms with Crippen LogP contribution in [0.15, 0.2) is 51.9 Å². The van der Waals surface area contributed by atoms with Crippen molar-refractivity contribution in [3.63, 3.8) is 0 Å². The van der Waals surface area contributed by atoms with E-state index >= 15 is 0 Å². The van der Waals surface area contributed by atoms with Crippen LogP contribution in [0.4, 0.5) is 16.2 Å². The molecule has 0 saturated heterocycles. The molecule has 0 saturated carbocycles. The highest BCUT2D eigenvalue weighted by Gasteiger charge is 2.31. The Morgan fingerprint density at radius 1 is 1.12 bits per heavy atom. The van der Waals surface area contributed by atoms with Gasteiger partial charge in [-0.3, -0.25) is 9.52 Å². The largest absolute Gasteiger partial charge is 0.490 e. The van der Waals surface area contributed by atoms with E-state index in [2.05, 4.69) is 15.2 Å². The van der Waals surface area contributed by atoms with Crippen molar-refractivity contribution in [3.05, 3.63) is 65.0 Å². The van der Waals surface area contributed by atoms with Gasteiger partial charge in [0.05, 0.1) is 35.3 Å². The SMILES string of the molecule is Cc1ccc(S(=O)(=O)Nc2ccc3c(c2)C(=O)N([C@@H](C)CO)C[C@H](C)[C@H](CN(C)C(=O)Nc2c(C)noc2C)OCCCC[C@@H](C)O3)cc1. The van der Waals surface area contributed by atoms with Crippen molar-refractivity contribution in [1.82, 2.24) is 15.0 Å². The van der Waals surface area contributed by atoms with Gasteiger partial charge in [0.1, 0.15) is 17.1 Å². The number of aliphatic hydroxyl groups is 1. The molecule has 2 heterocycles. The van der Waals surface area contributed by atoms with Crippen molar-refractivity contribution in [3.8, 4) is 5.75 Å². The Morgan fingerprint density at radius 3 is 2.49 bits per heavy atom. The Balaban J connectivity index is 1.63. The number of carbonyl (C=O) groups is 2. The third-order valence-electron chi connectivity index (χ3n) is 8.70. The number of nitrogens with zero attached hydrogens (tertiary/aromatic N) is 3. The summed E-state index contributed by atoms with van der Waals surface area (Å²) < 4.78 is 46.8. The number of nitrogens with one attached hydrogen (secondary N) is 2. The summed E-state index contributed by atoms with van der Waals surface area (Å²) >= 11 is 0. The maximum Gasteiger partial charge on any atom is 0.321 e. The molecule has 0 bridgehead atoms. The van der Waals surface area contributed by atoms with Gasteiger partial charge in [0.25, 0.3) is 15.9 Å². The fourth-order valence-electron chi connectivity index (χ4n) is 5.60. The van der Waals surface area contributed by atoms with Crippen LogP contribution in [0.1, 0.15) is 67.4 Å². The van der Waals surface area contributed by atoms with E-state index in [-0.39, 0.29) is 53.9 Å². The van der Waals surface area contributed by atoms with E-state index in [0.29, 0.717) is 35.9 Å². The van der Waals surface area contributed by atoms with Gasteiger partial charge in [-0.05, 0) is 84.2 Å². The first kappa shape index (κ1) is 37.7. The predicted octanol–water partition coefficient (Wildman–Crippen LogP) is 5.36.